The number of phenols is 3. The number of hydrogen-bond donors (Lipinski definition) is 8. The molecule has 0 radical (unpaired) electrons. The van der Waals surface area contributed by atoms with Gasteiger partial charge in [0.05, 0.1) is 22.7 Å². The van der Waals surface area contributed by atoms with Crippen molar-refractivity contribution in [3.05, 3.63) is 82.4 Å². The Labute approximate surface area is 250 Å². The number of aromatic carboxylic acids is 1. The first-order valence-corrected chi connectivity index (χ1v) is 12.5. The maximum atomic E-state index is 13.0. The number of phenolic OH excluding ortho intramolecular Hbond substituents is 3. The van der Waals surface area contributed by atoms with E-state index in [1.54, 1.807) is 24.3 Å². The Morgan fingerprint density at radius 1 is 0.844 bits per heavy atom. The number of halogens is 3. The molecule has 0 aromatic heterocycles. The quantitative estimate of drug-likeness (QED) is 0.105. The average molecular weight is 636 g/mol. The molecule has 0 spiro atoms. The highest BCUT2D eigenvalue weighted by Crippen LogP contribution is 2.35. The first kappa shape index (κ1) is 33.7. The number of anilines is 1. The van der Waals surface area contributed by atoms with Crippen molar-refractivity contribution < 1.29 is 67.4 Å². The van der Waals surface area contributed by atoms with Crippen molar-refractivity contribution in [2.45, 2.75) is 18.3 Å². The molecule has 0 saturated carbocycles. The number of aromatic hydroxyl groups is 3. The summed E-state index contributed by atoms with van der Waals surface area (Å²) in [6.07, 6.45) is -5.87. The number of carboxylic acids is 2. The third-order valence-corrected chi connectivity index (χ3v) is 6.21. The lowest BCUT2D eigenvalue weighted by atomic mass is 9.95. The number of ketones is 1. The molecule has 3 aromatic rings. The second kappa shape index (κ2) is 13.6. The largest absolute Gasteiger partial charge is 0.507 e. The molecule has 17 heteroatoms. The van der Waals surface area contributed by atoms with Gasteiger partial charge < -0.3 is 46.6 Å². The van der Waals surface area contributed by atoms with Crippen molar-refractivity contribution >= 4 is 35.3 Å². The van der Waals surface area contributed by atoms with E-state index >= 15 is 0 Å². The summed E-state index contributed by atoms with van der Waals surface area (Å²) in [5.74, 6) is -9.12. The van der Waals surface area contributed by atoms with E-state index in [2.05, 4.69) is 10.6 Å². The molecule has 3 aromatic carbocycles. The van der Waals surface area contributed by atoms with Crippen LogP contribution in [0.5, 0.6) is 17.2 Å². The standard InChI is InChI=1S/C26H23N3O9.C2HF3O2/c27-14-6-4-12(5-7-14)24(34)29-16-10-28-11-20(16)38-26(37)13-8-18(31)22(19(32)9-13)23(33)21-15(25(35)36)2-1-3-17(21)30;3-2(4,5)1(6)7/h1-9,16,20,28,30-32H,10-11,27H2,(H,29,34)(H,35,36);(H,6,7)/t16-,20-;/m0./s1. The molecule has 4 rings (SSSR count). The molecule has 1 fully saturated rings. The predicted molar refractivity (Wildman–Crippen MR) is 146 cm³/mol. The average Bonchev–Trinajstić information content (AvgIpc) is 3.38. The predicted octanol–water partition coefficient (Wildman–Crippen LogP) is 1.88. The Morgan fingerprint density at radius 2 is 1.42 bits per heavy atom. The van der Waals surface area contributed by atoms with Crippen molar-refractivity contribution in [2.75, 3.05) is 18.8 Å². The second-order valence-corrected chi connectivity index (χ2v) is 9.33. The number of carbonyl (C=O) groups excluding carboxylic acids is 3. The number of benzene rings is 3. The van der Waals surface area contributed by atoms with Crippen LogP contribution in [0.15, 0.2) is 54.6 Å². The van der Waals surface area contributed by atoms with Crippen LogP contribution in [0.3, 0.4) is 0 Å². The van der Waals surface area contributed by atoms with Crippen molar-refractivity contribution in [3.63, 3.8) is 0 Å². The zero-order chi connectivity index (χ0) is 33.6. The van der Waals surface area contributed by atoms with Gasteiger partial charge in [-0.15, -0.1) is 0 Å². The molecule has 1 aliphatic heterocycles. The Kier molecular flexibility index (Phi) is 10.2. The fourth-order valence-corrected chi connectivity index (χ4v) is 4.06. The summed E-state index contributed by atoms with van der Waals surface area (Å²) in [4.78, 5) is 58.7. The van der Waals surface area contributed by atoms with E-state index in [1.807, 2.05) is 0 Å². The number of nitrogens with one attached hydrogen (secondary N) is 2. The summed E-state index contributed by atoms with van der Waals surface area (Å²) < 4.78 is 37.2. The van der Waals surface area contributed by atoms with Crippen LogP contribution in [0.4, 0.5) is 18.9 Å². The van der Waals surface area contributed by atoms with Gasteiger partial charge >= 0.3 is 24.1 Å². The van der Waals surface area contributed by atoms with Gasteiger partial charge in [0.1, 0.15) is 28.9 Å². The number of hydrogen-bond acceptors (Lipinski definition) is 11. The van der Waals surface area contributed by atoms with Gasteiger partial charge in [0.15, 0.2) is 0 Å². The summed E-state index contributed by atoms with van der Waals surface area (Å²) in [5.41, 5.74) is 4.30. The molecule has 1 amide bonds. The van der Waals surface area contributed by atoms with Gasteiger partial charge in [-0.3, -0.25) is 9.59 Å². The fraction of sp³-hybridized carbons (Fsp3) is 0.179. The number of carboxylic acid groups (broad SMARTS) is 2. The molecule has 14 nitrogen and oxygen atoms in total. The van der Waals surface area contributed by atoms with Crippen LogP contribution in [0.2, 0.25) is 0 Å². The van der Waals surface area contributed by atoms with Crippen molar-refractivity contribution in [3.8, 4) is 17.2 Å². The van der Waals surface area contributed by atoms with E-state index in [0.717, 1.165) is 24.3 Å². The van der Waals surface area contributed by atoms with Crippen LogP contribution in [-0.2, 0) is 9.53 Å². The monoisotopic (exact) mass is 635 g/mol. The van der Waals surface area contributed by atoms with Gasteiger partial charge in [-0.25, -0.2) is 14.4 Å². The Morgan fingerprint density at radius 3 is 1.96 bits per heavy atom. The second-order valence-electron chi connectivity index (χ2n) is 9.33. The third-order valence-electron chi connectivity index (χ3n) is 6.21. The van der Waals surface area contributed by atoms with Gasteiger partial charge in [0.2, 0.25) is 5.78 Å². The van der Waals surface area contributed by atoms with E-state index in [4.69, 9.17) is 20.4 Å². The highest BCUT2D eigenvalue weighted by atomic mass is 19.4. The number of ether oxygens (including phenoxy) is 1. The van der Waals surface area contributed by atoms with Gasteiger partial charge in [-0.1, -0.05) is 6.07 Å². The summed E-state index contributed by atoms with van der Waals surface area (Å²) in [6.45, 7) is 0.535. The van der Waals surface area contributed by atoms with E-state index in [0.29, 0.717) is 17.8 Å². The SMILES string of the molecule is Nc1ccc(C(=O)N[C@H]2CNC[C@@H]2OC(=O)c2cc(O)c(C(=O)c3c(O)cccc3C(=O)O)c(O)c2)cc1.O=C(O)C(F)(F)F. The highest BCUT2D eigenvalue weighted by molar-refractivity contribution is 6.18. The topological polar surface area (TPSA) is 246 Å². The molecule has 0 bridgehead atoms. The molecule has 2 atom stereocenters. The highest BCUT2D eigenvalue weighted by Gasteiger charge is 2.38. The zero-order valence-corrected chi connectivity index (χ0v) is 22.7. The summed E-state index contributed by atoms with van der Waals surface area (Å²) in [7, 11) is 0. The van der Waals surface area contributed by atoms with Crippen LogP contribution in [-0.4, -0.2) is 86.5 Å². The van der Waals surface area contributed by atoms with Crippen molar-refractivity contribution in [2.24, 2.45) is 0 Å². The van der Waals surface area contributed by atoms with E-state index in [9.17, 15) is 52.8 Å². The lowest BCUT2D eigenvalue weighted by molar-refractivity contribution is -0.192. The molecular weight excluding hydrogens is 611 g/mol. The molecule has 45 heavy (non-hydrogen) atoms. The number of amides is 1. The summed E-state index contributed by atoms with van der Waals surface area (Å²) in [5, 5.41) is 53.2. The van der Waals surface area contributed by atoms with Crippen LogP contribution < -0.4 is 16.4 Å². The van der Waals surface area contributed by atoms with E-state index in [-0.39, 0.29) is 12.1 Å². The van der Waals surface area contributed by atoms with Gasteiger partial charge in [-0.05, 0) is 48.5 Å². The first-order valence-electron chi connectivity index (χ1n) is 12.5. The Bertz CT molecular complexity index is 1620. The lowest BCUT2D eigenvalue weighted by Crippen LogP contribution is -2.44. The number of rotatable bonds is 7. The fourth-order valence-electron chi connectivity index (χ4n) is 4.06. The van der Waals surface area contributed by atoms with E-state index < -0.39 is 81.9 Å². The molecular formula is C28H24F3N3O11. The maximum Gasteiger partial charge on any atom is 0.490 e. The maximum absolute atomic E-state index is 13.0. The first-order chi connectivity index (χ1) is 21.0. The molecule has 1 heterocycles. The number of nitrogens with two attached hydrogens (primary N) is 1. The van der Waals surface area contributed by atoms with Gasteiger partial charge in [0, 0.05) is 24.3 Å². The number of nitrogen functional groups attached to an aromatic ring is 1. The minimum atomic E-state index is -5.08. The van der Waals surface area contributed by atoms with Crippen molar-refractivity contribution in [1.82, 2.24) is 10.6 Å². The molecule has 9 N–H and O–H groups in total. The molecule has 0 aliphatic carbocycles. The number of alkyl halides is 3. The molecule has 1 saturated heterocycles. The molecule has 1 aliphatic rings. The zero-order valence-electron chi connectivity index (χ0n) is 22.7. The van der Waals surface area contributed by atoms with E-state index in [1.165, 1.54) is 6.07 Å². The molecule has 238 valence electrons. The summed E-state index contributed by atoms with van der Waals surface area (Å²) in [6, 6.07) is 10.8. The smallest absolute Gasteiger partial charge is 0.490 e. The Hall–Kier alpha value is -5.84. The number of aliphatic carboxylic acids is 1. The Balaban J connectivity index is 0.000000707. The molecule has 0 unspecified atom stereocenters. The third kappa shape index (κ3) is 8.17. The van der Waals surface area contributed by atoms with Gasteiger partial charge in [-0.2, -0.15) is 13.2 Å². The lowest BCUT2D eigenvalue weighted by Gasteiger charge is -2.21. The number of esters is 1. The van der Waals surface area contributed by atoms with Crippen LogP contribution in [0, 0.1) is 0 Å². The van der Waals surface area contributed by atoms with Crippen LogP contribution >= 0.6 is 0 Å². The minimum Gasteiger partial charge on any atom is -0.507 e. The summed E-state index contributed by atoms with van der Waals surface area (Å²) >= 11 is 0. The number of carbonyl (C=O) groups is 5. The van der Waals surface area contributed by atoms with Crippen molar-refractivity contribution in [1.29, 1.82) is 0 Å². The minimum absolute atomic E-state index is 0.220. The van der Waals surface area contributed by atoms with Gasteiger partial charge in [0.25, 0.3) is 5.91 Å². The van der Waals surface area contributed by atoms with Crippen LogP contribution in [0.25, 0.3) is 0 Å². The van der Waals surface area contributed by atoms with Crippen LogP contribution in [0.1, 0.15) is 47.0 Å². The normalized spacial score (nSPS) is 15.7.